The quantitative estimate of drug-likeness (QED) is 0.899. The van der Waals surface area contributed by atoms with Gasteiger partial charge in [0.25, 0.3) is 0 Å². The van der Waals surface area contributed by atoms with Gasteiger partial charge >= 0.3 is 0 Å². The fourth-order valence-corrected chi connectivity index (χ4v) is 3.34. The van der Waals surface area contributed by atoms with Gasteiger partial charge in [-0.1, -0.05) is 6.07 Å². The summed E-state index contributed by atoms with van der Waals surface area (Å²) in [7, 11) is 0. The third-order valence-corrected chi connectivity index (χ3v) is 4.68. The standard InChI is InChI=1S/C18H21F2N3O2/c19-15-2-1-14(16(20)12-15)11-18(25)22-7-4-13(5-8-22)17-3-6-21-23(17)9-10-24/h1-3,6,12-13,24H,4-5,7-11H2. The molecule has 25 heavy (non-hydrogen) atoms. The highest BCUT2D eigenvalue weighted by atomic mass is 19.1. The Kier molecular flexibility index (Phi) is 5.43. The zero-order chi connectivity index (χ0) is 17.8. The number of aliphatic hydroxyl groups is 1. The van der Waals surface area contributed by atoms with Gasteiger partial charge in [0, 0.05) is 37.0 Å². The molecule has 0 saturated carbocycles. The lowest BCUT2D eigenvalue weighted by molar-refractivity contribution is -0.131. The summed E-state index contributed by atoms with van der Waals surface area (Å²) in [5, 5.41) is 13.3. The van der Waals surface area contributed by atoms with Gasteiger partial charge in [-0.3, -0.25) is 9.48 Å². The first kappa shape index (κ1) is 17.5. The number of aliphatic hydroxyl groups excluding tert-OH is 1. The molecule has 1 aromatic carbocycles. The van der Waals surface area contributed by atoms with E-state index in [1.165, 1.54) is 12.1 Å². The van der Waals surface area contributed by atoms with Crippen molar-refractivity contribution in [1.29, 1.82) is 0 Å². The molecular weight excluding hydrogens is 328 g/mol. The lowest BCUT2D eigenvalue weighted by atomic mass is 9.93. The second-order valence-electron chi connectivity index (χ2n) is 6.27. The number of amides is 1. The Bertz CT molecular complexity index is 740. The van der Waals surface area contributed by atoms with Crippen molar-refractivity contribution in [3.05, 3.63) is 53.4 Å². The van der Waals surface area contributed by atoms with E-state index in [0.29, 0.717) is 25.6 Å². The van der Waals surface area contributed by atoms with E-state index >= 15 is 0 Å². The minimum atomic E-state index is -0.684. The number of aromatic nitrogens is 2. The van der Waals surface area contributed by atoms with Crippen LogP contribution in [0.5, 0.6) is 0 Å². The molecule has 1 aromatic heterocycles. The highest BCUT2D eigenvalue weighted by Crippen LogP contribution is 2.28. The van der Waals surface area contributed by atoms with Crippen LogP contribution in [0.4, 0.5) is 8.78 Å². The first-order valence-corrected chi connectivity index (χ1v) is 8.42. The maximum absolute atomic E-state index is 13.7. The number of nitrogens with zero attached hydrogens (tertiary/aromatic N) is 3. The SMILES string of the molecule is O=C(Cc1ccc(F)cc1F)N1CCC(c2ccnn2CCO)CC1. The number of rotatable bonds is 5. The van der Waals surface area contributed by atoms with Crippen LogP contribution >= 0.6 is 0 Å². The van der Waals surface area contributed by atoms with Crippen molar-refractivity contribution in [2.75, 3.05) is 19.7 Å². The molecule has 2 heterocycles. The zero-order valence-electron chi connectivity index (χ0n) is 13.9. The summed E-state index contributed by atoms with van der Waals surface area (Å²) in [6.07, 6.45) is 3.27. The summed E-state index contributed by atoms with van der Waals surface area (Å²) in [6, 6.07) is 5.24. The number of carbonyl (C=O) groups is 1. The number of carbonyl (C=O) groups excluding carboxylic acids is 1. The molecule has 3 rings (SSSR count). The third-order valence-electron chi connectivity index (χ3n) is 4.68. The van der Waals surface area contributed by atoms with Gasteiger partial charge in [0.15, 0.2) is 0 Å². The number of hydrogen-bond acceptors (Lipinski definition) is 3. The van der Waals surface area contributed by atoms with Crippen molar-refractivity contribution >= 4 is 5.91 Å². The van der Waals surface area contributed by atoms with Gasteiger partial charge in [-0.25, -0.2) is 8.78 Å². The van der Waals surface area contributed by atoms with E-state index in [1.807, 2.05) is 6.07 Å². The molecule has 5 nitrogen and oxygen atoms in total. The Balaban J connectivity index is 1.58. The predicted molar refractivity (Wildman–Crippen MR) is 87.9 cm³/mol. The second kappa shape index (κ2) is 7.74. The van der Waals surface area contributed by atoms with Gasteiger partial charge in [-0.05, 0) is 30.5 Å². The number of benzene rings is 1. The van der Waals surface area contributed by atoms with Gasteiger partial charge in [-0.15, -0.1) is 0 Å². The Morgan fingerprint density at radius 3 is 2.68 bits per heavy atom. The number of hydrogen-bond donors (Lipinski definition) is 1. The van der Waals surface area contributed by atoms with Crippen LogP contribution < -0.4 is 0 Å². The smallest absolute Gasteiger partial charge is 0.227 e. The Labute approximate surface area is 144 Å². The van der Waals surface area contributed by atoms with E-state index in [-0.39, 0.29) is 24.5 Å². The maximum atomic E-state index is 13.7. The molecule has 2 aromatic rings. The highest BCUT2D eigenvalue weighted by Gasteiger charge is 2.26. The van der Waals surface area contributed by atoms with E-state index in [9.17, 15) is 13.6 Å². The van der Waals surface area contributed by atoms with Crippen molar-refractivity contribution in [2.45, 2.75) is 31.7 Å². The van der Waals surface area contributed by atoms with E-state index in [0.717, 1.165) is 24.6 Å². The van der Waals surface area contributed by atoms with E-state index < -0.39 is 11.6 Å². The van der Waals surface area contributed by atoms with Crippen LogP contribution in [0.25, 0.3) is 0 Å². The number of likely N-dealkylation sites (tertiary alicyclic amines) is 1. The predicted octanol–water partition coefficient (Wildman–Crippen LogP) is 2.10. The summed E-state index contributed by atoms with van der Waals surface area (Å²) in [5.41, 5.74) is 1.29. The Morgan fingerprint density at radius 2 is 2.00 bits per heavy atom. The van der Waals surface area contributed by atoms with Gasteiger partial charge in [0.2, 0.25) is 5.91 Å². The average Bonchev–Trinajstić information content (AvgIpc) is 3.06. The Hall–Kier alpha value is -2.28. The fourth-order valence-electron chi connectivity index (χ4n) is 3.34. The molecule has 1 fully saturated rings. The summed E-state index contributed by atoms with van der Waals surface area (Å²) in [4.78, 5) is 14.1. The van der Waals surface area contributed by atoms with Crippen LogP contribution in [0, 0.1) is 11.6 Å². The number of halogens is 2. The fraction of sp³-hybridized carbons (Fsp3) is 0.444. The monoisotopic (exact) mass is 349 g/mol. The molecule has 1 N–H and O–H groups in total. The molecule has 0 unspecified atom stereocenters. The van der Waals surface area contributed by atoms with Crippen LogP contribution in [-0.4, -0.2) is 45.4 Å². The molecule has 7 heteroatoms. The molecule has 0 aliphatic carbocycles. The molecule has 1 aliphatic rings. The van der Waals surface area contributed by atoms with Crippen LogP contribution in [0.3, 0.4) is 0 Å². The molecule has 1 saturated heterocycles. The topological polar surface area (TPSA) is 58.4 Å². The summed E-state index contributed by atoms with van der Waals surface area (Å²) in [6.45, 7) is 1.69. The molecular formula is C18H21F2N3O2. The van der Waals surface area contributed by atoms with Crippen molar-refractivity contribution in [3.63, 3.8) is 0 Å². The minimum absolute atomic E-state index is 0.0369. The third kappa shape index (κ3) is 4.04. The molecule has 1 amide bonds. The maximum Gasteiger partial charge on any atom is 0.227 e. The lowest BCUT2D eigenvalue weighted by Crippen LogP contribution is -2.39. The second-order valence-corrected chi connectivity index (χ2v) is 6.27. The summed E-state index contributed by atoms with van der Waals surface area (Å²) in [5.74, 6) is -1.18. The van der Waals surface area contributed by atoms with E-state index in [1.54, 1.807) is 15.8 Å². The molecule has 0 bridgehead atoms. The van der Waals surface area contributed by atoms with Crippen molar-refractivity contribution in [2.24, 2.45) is 0 Å². The molecule has 0 spiro atoms. The molecule has 134 valence electrons. The molecule has 0 radical (unpaired) electrons. The largest absolute Gasteiger partial charge is 0.394 e. The average molecular weight is 349 g/mol. The summed E-state index contributed by atoms with van der Waals surface area (Å²) < 4.78 is 28.5. The minimum Gasteiger partial charge on any atom is -0.394 e. The van der Waals surface area contributed by atoms with Crippen LogP contribution in [-0.2, 0) is 17.8 Å². The molecule has 0 atom stereocenters. The zero-order valence-corrected chi connectivity index (χ0v) is 13.9. The van der Waals surface area contributed by atoms with Crippen molar-refractivity contribution < 1.29 is 18.7 Å². The van der Waals surface area contributed by atoms with Crippen molar-refractivity contribution in [3.8, 4) is 0 Å². The van der Waals surface area contributed by atoms with Gasteiger partial charge in [0.05, 0.1) is 19.6 Å². The van der Waals surface area contributed by atoms with Crippen LogP contribution in [0.1, 0.15) is 30.0 Å². The number of piperidine rings is 1. The van der Waals surface area contributed by atoms with Gasteiger partial charge in [-0.2, -0.15) is 5.10 Å². The highest BCUT2D eigenvalue weighted by molar-refractivity contribution is 5.79. The van der Waals surface area contributed by atoms with Gasteiger partial charge < -0.3 is 10.0 Å². The van der Waals surface area contributed by atoms with Crippen LogP contribution in [0.2, 0.25) is 0 Å². The Morgan fingerprint density at radius 1 is 1.24 bits per heavy atom. The van der Waals surface area contributed by atoms with Gasteiger partial charge in [0.1, 0.15) is 11.6 Å². The van der Waals surface area contributed by atoms with E-state index in [2.05, 4.69) is 5.10 Å². The van der Waals surface area contributed by atoms with Crippen molar-refractivity contribution in [1.82, 2.24) is 14.7 Å². The normalized spacial score (nSPS) is 15.6. The lowest BCUT2D eigenvalue weighted by Gasteiger charge is -2.32. The van der Waals surface area contributed by atoms with E-state index in [4.69, 9.17) is 5.11 Å². The molecule has 1 aliphatic heterocycles. The summed E-state index contributed by atoms with van der Waals surface area (Å²) >= 11 is 0. The first-order valence-electron chi connectivity index (χ1n) is 8.42. The van der Waals surface area contributed by atoms with Crippen LogP contribution in [0.15, 0.2) is 30.5 Å². The first-order chi connectivity index (χ1) is 12.1.